The van der Waals surface area contributed by atoms with Crippen molar-refractivity contribution in [2.24, 2.45) is 0 Å². The summed E-state index contributed by atoms with van der Waals surface area (Å²) in [6.07, 6.45) is 1.42. The quantitative estimate of drug-likeness (QED) is 0.379. The second-order valence-electron chi connectivity index (χ2n) is 6.11. The Morgan fingerprint density at radius 1 is 1.07 bits per heavy atom. The van der Waals surface area contributed by atoms with Crippen LogP contribution in [0.3, 0.4) is 0 Å². The van der Waals surface area contributed by atoms with Gasteiger partial charge in [-0.1, -0.05) is 47.1 Å². The van der Waals surface area contributed by atoms with Crippen LogP contribution in [0.25, 0.3) is 11.2 Å². The number of aromatic nitrogens is 5. The van der Waals surface area contributed by atoms with Gasteiger partial charge < -0.3 is 0 Å². The van der Waals surface area contributed by atoms with Crippen molar-refractivity contribution >= 4 is 28.5 Å². The third kappa shape index (κ3) is 3.35. The molecule has 0 bridgehead atoms. The second kappa shape index (κ2) is 7.20. The molecule has 0 aliphatic heterocycles. The Labute approximate surface area is 163 Å². The molecule has 2 aromatic heterocycles. The first-order valence-corrected chi connectivity index (χ1v) is 8.66. The van der Waals surface area contributed by atoms with E-state index >= 15 is 0 Å². The number of nitrogens with zero attached hydrogens (tertiary/aromatic N) is 6. The Bertz CT molecular complexity index is 1230. The molecule has 4 rings (SSSR count). The summed E-state index contributed by atoms with van der Waals surface area (Å²) in [6.45, 7) is 0.562. The lowest BCUT2D eigenvalue weighted by Gasteiger charge is -2.06. The highest BCUT2D eigenvalue weighted by molar-refractivity contribution is 6.31. The third-order valence-electron chi connectivity index (χ3n) is 4.27. The van der Waals surface area contributed by atoms with Crippen molar-refractivity contribution < 1.29 is 4.92 Å². The first kappa shape index (κ1) is 17.8. The largest absolute Gasteiger partial charge is 0.293 e. The molecule has 10 heteroatoms. The summed E-state index contributed by atoms with van der Waals surface area (Å²) >= 11 is 6.18. The standard InChI is InChI=1S/C18H13ClN6O3/c19-15-4-2-1-3-13(15)10-24-17-16(21-22-24)18(26)23(11-20-17)9-12-5-7-14(8-6-12)25(27)28/h1-8,11H,9-10H2. The third-order valence-corrected chi connectivity index (χ3v) is 4.64. The van der Waals surface area contributed by atoms with Crippen molar-refractivity contribution in [3.63, 3.8) is 0 Å². The average Bonchev–Trinajstić information content (AvgIpc) is 3.10. The maximum absolute atomic E-state index is 12.7. The van der Waals surface area contributed by atoms with Gasteiger partial charge in [0.2, 0.25) is 0 Å². The molecule has 0 unspecified atom stereocenters. The molecule has 28 heavy (non-hydrogen) atoms. The highest BCUT2D eigenvalue weighted by Crippen LogP contribution is 2.17. The summed E-state index contributed by atoms with van der Waals surface area (Å²) in [5, 5.41) is 19.3. The molecule has 0 radical (unpaired) electrons. The molecule has 0 spiro atoms. The van der Waals surface area contributed by atoms with E-state index in [2.05, 4.69) is 15.3 Å². The van der Waals surface area contributed by atoms with Gasteiger partial charge in [-0.2, -0.15) is 0 Å². The van der Waals surface area contributed by atoms with Crippen molar-refractivity contribution in [2.45, 2.75) is 13.1 Å². The van der Waals surface area contributed by atoms with E-state index < -0.39 is 4.92 Å². The molecular formula is C18H13ClN6O3. The van der Waals surface area contributed by atoms with Gasteiger partial charge in [0.25, 0.3) is 11.2 Å². The van der Waals surface area contributed by atoms with Crippen LogP contribution in [0.5, 0.6) is 0 Å². The molecular weight excluding hydrogens is 384 g/mol. The molecule has 0 fully saturated rings. The van der Waals surface area contributed by atoms with Gasteiger partial charge in [0.1, 0.15) is 6.33 Å². The van der Waals surface area contributed by atoms with Crippen LogP contribution in [0, 0.1) is 10.1 Å². The molecule has 9 nitrogen and oxygen atoms in total. The lowest BCUT2D eigenvalue weighted by molar-refractivity contribution is -0.384. The van der Waals surface area contributed by atoms with E-state index in [1.165, 1.54) is 27.7 Å². The predicted molar refractivity (Wildman–Crippen MR) is 102 cm³/mol. The van der Waals surface area contributed by atoms with Gasteiger partial charge in [0, 0.05) is 17.2 Å². The van der Waals surface area contributed by atoms with Crippen molar-refractivity contribution in [1.82, 2.24) is 24.5 Å². The number of halogens is 1. The minimum atomic E-state index is -0.471. The number of rotatable bonds is 5. The molecule has 0 aliphatic carbocycles. The number of nitro groups is 1. The fourth-order valence-corrected chi connectivity index (χ4v) is 3.01. The molecule has 2 aromatic carbocycles. The van der Waals surface area contributed by atoms with Crippen LogP contribution in [0.2, 0.25) is 5.02 Å². The van der Waals surface area contributed by atoms with Gasteiger partial charge in [-0.15, -0.1) is 5.10 Å². The molecule has 0 aliphatic rings. The van der Waals surface area contributed by atoms with E-state index in [-0.39, 0.29) is 23.3 Å². The topological polar surface area (TPSA) is 109 Å². The van der Waals surface area contributed by atoms with Crippen molar-refractivity contribution in [1.29, 1.82) is 0 Å². The van der Waals surface area contributed by atoms with Crippen LogP contribution >= 0.6 is 11.6 Å². The lowest BCUT2D eigenvalue weighted by Crippen LogP contribution is -2.21. The molecule has 0 amide bonds. The average molecular weight is 397 g/mol. The number of nitro benzene ring substituents is 1. The Morgan fingerprint density at radius 3 is 2.54 bits per heavy atom. The summed E-state index contributed by atoms with van der Waals surface area (Å²) in [7, 11) is 0. The van der Waals surface area contributed by atoms with Crippen LogP contribution in [0.1, 0.15) is 11.1 Å². The SMILES string of the molecule is O=c1c2nnn(Cc3ccccc3Cl)c2ncn1Cc1ccc([N+](=O)[O-])cc1. The van der Waals surface area contributed by atoms with Crippen LogP contribution in [0.15, 0.2) is 59.7 Å². The van der Waals surface area contributed by atoms with E-state index in [0.29, 0.717) is 17.2 Å². The van der Waals surface area contributed by atoms with E-state index in [4.69, 9.17) is 11.6 Å². The normalized spacial score (nSPS) is 11.0. The summed E-state index contributed by atoms with van der Waals surface area (Å²) in [6, 6.07) is 13.3. The molecule has 2 heterocycles. The summed E-state index contributed by atoms with van der Waals surface area (Å²) in [5.74, 6) is 0. The molecule has 0 saturated carbocycles. The number of benzene rings is 2. The van der Waals surface area contributed by atoms with Crippen LogP contribution in [-0.4, -0.2) is 29.5 Å². The van der Waals surface area contributed by atoms with Gasteiger partial charge in [-0.3, -0.25) is 19.5 Å². The molecule has 0 N–H and O–H groups in total. The van der Waals surface area contributed by atoms with E-state index in [1.807, 2.05) is 18.2 Å². The molecule has 0 saturated heterocycles. The second-order valence-corrected chi connectivity index (χ2v) is 6.52. The predicted octanol–water partition coefficient (Wildman–Crippen LogP) is 2.65. The van der Waals surface area contributed by atoms with Gasteiger partial charge in [-0.25, -0.2) is 9.67 Å². The summed E-state index contributed by atoms with van der Waals surface area (Å²) < 4.78 is 2.91. The Hall–Kier alpha value is -3.59. The van der Waals surface area contributed by atoms with Crippen molar-refractivity contribution in [3.8, 4) is 0 Å². The minimum absolute atomic E-state index is 0.00723. The number of non-ortho nitro benzene ring substituents is 1. The fourth-order valence-electron chi connectivity index (χ4n) is 2.81. The monoisotopic (exact) mass is 396 g/mol. The fraction of sp³-hybridized carbons (Fsp3) is 0.111. The zero-order valence-corrected chi connectivity index (χ0v) is 15.2. The van der Waals surface area contributed by atoms with E-state index in [9.17, 15) is 14.9 Å². The number of hydrogen-bond donors (Lipinski definition) is 0. The Morgan fingerprint density at radius 2 is 1.82 bits per heavy atom. The van der Waals surface area contributed by atoms with Crippen molar-refractivity contribution in [3.05, 3.63) is 91.5 Å². The maximum atomic E-state index is 12.7. The Kier molecular flexibility index (Phi) is 4.58. The first-order valence-electron chi connectivity index (χ1n) is 8.28. The van der Waals surface area contributed by atoms with Gasteiger partial charge in [-0.05, 0) is 17.2 Å². The van der Waals surface area contributed by atoms with Gasteiger partial charge in [0.15, 0.2) is 11.2 Å². The first-order chi connectivity index (χ1) is 13.5. The van der Waals surface area contributed by atoms with Gasteiger partial charge >= 0.3 is 0 Å². The lowest BCUT2D eigenvalue weighted by atomic mass is 10.2. The van der Waals surface area contributed by atoms with E-state index in [0.717, 1.165) is 11.1 Å². The summed E-state index contributed by atoms with van der Waals surface area (Å²) in [4.78, 5) is 27.3. The van der Waals surface area contributed by atoms with Gasteiger partial charge in [0.05, 0.1) is 18.0 Å². The minimum Gasteiger partial charge on any atom is -0.293 e. The van der Waals surface area contributed by atoms with Crippen LogP contribution < -0.4 is 5.56 Å². The van der Waals surface area contributed by atoms with E-state index in [1.54, 1.807) is 18.2 Å². The Balaban J connectivity index is 1.64. The smallest absolute Gasteiger partial charge is 0.283 e. The highest BCUT2D eigenvalue weighted by Gasteiger charge is 2.14. The van der Waals surface area contributed by atoms with Crippen molar-refractivity contribution in [2.75, 3.05) is 0 Å². The summed E-state index contributed by atoms with van der Waals surface area (Å²) in [5.41, 5.74) is 1.74. The zero-order valence-electron chi connectivity index (χ0n) is 14.4. The highest BCUT2D eigenvalue weighted by atomic mass is 35.5. The number of fused-ring (bicyclic) bond motifs is 1. The zero-order chi connectivity index (χ0) is 19.7. The van der Waals surface area contributed by atoms with Crippen LogP contribution in [-0.2, 0) is 13.1 Å². The number of hydrogen-bond acceptors (Lipinski definition) is 6. The molecule has 0 atom stereocenters. The molecule has 140 valence electrons. The van der Waals surface area contributed by atoms with Crippen LogP contribution in [0.4, 0.5) is 5.69 Å². The molecule has 4 aromatic rings. The maximum Gasteiger partial charge on any atom is 0.283 e.